The third-order valence-corrected chi connectivity index (χ3v) is 4.18. The molecule has 0 spiro atoms. The van der Waals surface area contributed by atoms with Gasteiger partial charge in [0.25, 0.3) is 0 Å². The Labute approximate surface area is 138 Å². The number of halogens is 1. The number of rotatable bonds is 4. The van der Waals surface area contributed by atoms with E-state index in [9.17, 15) is 4.39 Å². The highest BCUT2D eigenvalue weighted by atomic mass is 19.1. The molecule has 4 rings (SSSR count). The molecule has 3 heterocycles. The first kappa shape index (κ1) is 14.9. The molecule has 124 valence electrons. The van der Waals surface area contributed by atoms with Crippen molar-refractivity contribution in [3.05, 3.63) is 42.3 Å². The monoisotopic (exact) mass is 326 g/mol. The van der Waals surface area contributed by atoms with Gasteiger partial charge in [-0.05, 0) is 50.2 Å². The number of H-pyrrole nitrogens is 1. The summed E-state index contributed by atoms with van der Waals surface area (Å²) >= 11 is 0. The van der Waals surface area contributed by atoms with Crippen molar-refractivity contribution in [3.63, 3.8) is 0 Å². The zero-order chi connectivity index (χ0) is 16.4. The average Bonchev–Trinajstić information content (AvgIpc) is 3.05. The number of hydrogen-bond donors (Lipinski definition) is 4. The highest BCUT2D eigenvalue weighted by molar-refractivity contribution is 5.88. The van der Waals surface area contributed by atoms with Gasteiger partial charge in [-0.15, -0.1) is 0 Å². The summed E-state index contributed by atoms with van der Waals surface area (Å²) in [5.74, 6) is 0.938. The van der Waals surface area contributed by atoms with Crippen LogP contribution in [0.15, 0.2) is 36.5 Å². The summed E-state index contributed by atoms with van der Waals surface area (Å²) in [5, 5.41) is 10.9. The molecule has 7 heteroatoms. The molecule has 1 fully saturated rings. The summed E-state index contributed by atoms with van der Waals surface area (Å²) in [5.41, 5.74) is 1.37. The average molecular weight is 326 g/mol. The molecular weight excluding hydrogens is 307 g/mol. The van der Waals surface area contributed by atoms with Crippen LogP contribution in [0.4, 0.5) is 21.8 Å². The van der Waals surface area contributed by atoms with Gasteiger partial charge in [0.05, 0.1) is 5.39 Å². The number of anilines is 3. The molecule has 1 aliphatic heterocycles. The van der Waals surface area contributed by atoms with Crippen molar-refractivity contribution in [2.24, 2.45) is 0 Å². The molecule has 0 saturated carbocycles. The highest BCUT2D eigenvalue weighted by Crippen LogP contribution is 2.24. The molecule has 0 bridgehead atoms. The minimum absolute atomic E-state index is 0.297. The number of benzene rings is 1. The highest BCUT2D eigenvalue weighted by Gasteiger charge is 2.16. The summed E-state index contributed by atoms with van der Waals surface area (Å²) in [7, 11) is 0. The zero-order valence-corrected chi connectivity index (χ0v) is 13.1. The molecule has 0 amide bonds. The standard InChI is InChI=1S/C17H19FN6/c18-11-2-1-3-13(10-11)22-17-23-15-14(6-9-20-15)16(24-17)21-12-4-7-19-8-5-12/h1-3,6,9-10,12,19H,4-5,7-8H2,(H3,20,21,22,23,24). The SMILES string of the molecule is Fc1cccc(Nc2nc(NC3CCNCC3)c3cc[nH]c3n2)c1. The van der Waals surface area contributed by atoms with E-state index < -0.39 is 0 Å². The van der Waals surface area contributed by atoms with Crippen LogP contribution < -0.4 is 16.0 Å². The van der Waals surface area contributed by atoms with Crippen LogP contribution in [0.5, 0.6) is 0 Å². The quantitative estimate of drug-likeness (QED) is 0.593. The Morgan fingerprint density at radius 3 is 2.83 bits per heavy atom. The van der Waals surface area contributed by atoms with Crippen LogP contribution in [0.1, 0.15) is 12.8 Å². The Morgan fingerprint density at radius 2 is 2.00 bits per heavy atom. The number of aromatic nitrogens is 3. The third kappa shape index (κ3) is 3.16. The predicted octanol–water partition coefficient (Wildman–Crippen LogP) is 3.00. The van der Waals surface area contributed by atoms with Crippen LogP contribution in [-0.4, -0.2) is 34.1 Å². The van der Waals surface area contributed by atoms with Gasteiger partial charge in [-0.3, -0.25) is 0 Å². The first-order valence-corrected chi connectivity index (χ1v) is 8.13. The van der Waals surface area contributed by atoms with E-state index in [4.69, 9.17) is 0 Å². The lowest BCUT2D eigenvalue weighted by atomic mass is 10.1. The lowest BCUT2D eigenvalue weighted by Crippen LogP contribution is -2.35. The van der Waals surface area contributed by atoms with Crippen LogP contribution in [-0.2, 0) is 0 Å². The lowest BCUT2D eigenvalue weighted by molar-refractivity contribution is 0.478. The molecule has 3 aromatic rings. The fourth-order valence-electron chi connectivity index (χ4n) is 2.96. The van der Waals surface area contributed by atoms with Crippen molar-refractivity contribution in [1.29, 1.82) is 0 Å². The molecule has 6 nitrogen and oxygen atoms in total. The normalized spacial score (nSPS) is 15.5. The van der Waals surface area contributed by atoms with Gasteiger partial charge in [-0.2, -0.15) is 9.97 Å². The smallest absolute Gasteiger partial charge is 0.231 e. The van der Waals surface area contributed by atoms with E-state index >= 15 is 0 Å². The van der Waals surface area contributed by atoms with Gasteiger partial charge >= 0.3 is 0 Å². The van der Waals surface area contributed by atoms with Gasteiger partial charge in [0.1, 0.15) is 17.3 Å². The topological polar surface area (TPSA) is 77.7 Å². The van der Waals surface area contributed by atoms with Gasteiger partial charge < -0.3 is 20.9 Å². The van der Waals surface area contributed by atoms with Gasteiger partial charge in [0, 0.05) is 17.9 Å². The Balaban J connectivity index is 1.64. The van der Waals surface area contributed by atoms with E-state index in [0.717, 1.165) is 42.8 Å². The molecule has 1 saturated heterocycles. The van der Waals surface area contributed by atoms with E-state index in [-0.39, 0.29) is 5.82 Å². The summed E-state index contributed by atoms with van der Waals surface area (Å²) < 4.78 is 13.4. The minimum atomic E-state index is -0.297. The number of nitrogens with one attached hydrogen (secondary N) is 4. The second kappa shape index (κ2) is 6.45. The van der Waals surface area contributed by atoms with Crippen molar-refractivity contribution >= 4 is 28.5 Å². The number of piperidine rings is 1. The molecule has 4 N–H and O–H groups in total. The first-order chi connectivity index (χ1) is 11.8. The van der Waals surface area contributed by atoms with Crippen LogP contribution in [0.3, 0.4) is 0 Å². The van der Waals surface area contributed by atoms with Crippen molar-refractivity contribution in [2.45, 2.75) is 18.9 Å². The Bertz CT molecular complexity index is 840. The molecule has 0 radical (unpaired) electrons. The number of nitrogens with zero attached hydrogens (tertiary/aromatic N) is 2. The second-order valence-electron chi connectivity index (χ2n) is 5.94. The van der Waals surface area contributed by atoms with Crippen molar-refractivity contribution in [1.82, 2.24) is 20.3 Å². The molecule has 2 aromatic heterocycles. The third-order valence-electron chi connectivity index (χ3n) is 4.18. The van der Waals surface area contributed by atoms with Crippen LogP contribution in [0.25, 0.3) is 11.0 Å². The number of aromatic amines is 1. The van der Waals surface area contributed by atoms with Crippen LogP contribution >= 0.6 is 0 Å². The maximum absolute atomic E-state index is 13.4. The van der Waals surface area contributed by atoms with Gasteiger partial charge in [0.2, 0.25) is 5.95 Å². The van der Waals surface area contributed by atoms with Gasteiger partial charge in [-0.25, -0.2) is 4.39 Å². The van der Waals surface area contributed by atoms with E-state index in [2.05, 4.69) is 30.9 Å². The van der Waals surface area contributed by atoms with E-state index in [1.54, 1.807) is 12.1 Å². The fourth-order valence-corrected chi connectivity index (χ4v) is 2.96. The van der Waals surface area contributed by atoms with Crippen LogP contribution in [0, 0.1) is 5.82 Å². The van der Waals surface area contributed by atoms with Crippen LogP contribution in [0.2, 0.25) is 0 Å². The molecule has 24 heavy (non-hydrogen) atoms. The summed E-state index contributed by atoms with van der Waals surface area (Å²) in [6.07, 6.45) is 3.96. The van der Waals surface area contributed by atoms with Crippen molar-refractivity contribution < 1.29 is 4.39 Å². The Kier molecular flexibility index (Phi) is 4.00. The Morgan fingerprint density at radius 1 is 1.12 bits per heavy atom. The fraction of sp³-hybridized carbons (Fsp3) is 0.294. The molecule has 0 unspecified atom stereocenters. The maximum Gasteiger partial charge on any atom is 0.231 e. The predicted molar refractivity (Wildman–Crippen MR) is 93.1 cm³/mol. The van der Waals surface area contributed by atoms with E-state index in [1.165, 1.54) is 12.1 Å². The number of hydrogen-bond acceptors (Lipinski definition) is 5. The van der Waals surface area contributed by atoms with Crippen molar-refractivity contribution in [3.8, 4) is 0 Å². The van der Waals surface area contributed by atoms with E-state index in [0.29, 0.717) is 17.7 Å². The Hall–Kier alpha value is -2.67. The zero-order valence-electron chi connectivity index (χ0n) is 13.1. The van der Waals surface area contributed by atoms with Crippen molar-refractivity contribution in [2.75, 3.05) is 23.7 Å². The summed E-state index contributed by atoms with van der Waals surface area (Å²) in [4.78, 5) is 12.2. The molecule has 1 aliphatic rings. The molecule has 1 aromatic carbocycles. The molecular formula is C17H19FN6. The second-order valence-corrected chi connectivity index (χ2v) is 5.94. The van der Waals surface area contributed by atoms with Gasteiger partial charge in [-0.1, -0.05) is 6.07 Å². The first-order valence-electron chi connectivity index (χ1n) is 8.13. The number of fused-ring (bicyclic) bond motifs is 1. The van der Waals surface area contributed by atoms with E-state index in [1.807, 2.05) is 12.3 Å². The van der Waals surface area contributed by atoms with Gasteiger partial charge in [0.15, 0.2) is 0 Å². The summed E-state index contributed by atoms with van der Waals surface area (Å²) in [6, 6.07) is 8.61. The molecule has 0 atom stereocenters. The lowest BCUT2D eigenvalue weighted by Gasteiger charge is -2.24. The summed E-state index contributed by atoms with van der Waals surface area (Å²) in [6.45, 7) is 2.01. The molecule has 0 aliphatic carbocycles. The largest absolute Gasteiger partial charge is 0.367 e. The maximum atomic E-state index is 13.4. The minimum Gasteiger partial charge on any atom is -0.367 e.